The second-order valence-corrected chi connectivity index (χ2v) is 7.97. The van der Waals surface area contributed by atoms with Crippen molar-refractivity contribution in [3.63, 3.8) is 0 Å². The smallest absolute Gasteiger partial charge is 0.244 e. The van der Waals surface area contributed by atoms with Crippen molar-refractivity contribution in [1.29, 1.82) is 0 Å². The van der Waals surface area contributed by atoms with Gasteiger partial charge >= 0.3 is 0 Å². The zero-order valence-corrected chi connectivity index (χ0v) is 12.8. The third-order valence-corrected chi connectivity index (χ3v) is 5.63. The minimum atomic E-state index is -0.160. The van der Waals surface area contributed by atoms with Gasteiger partial charge in [0.05, 0.1) is 11.7 Å². The van der Waals surface area contributed by atoms with E-state index in [-0.39, 0.29) is 11.0 Å². The Hall–Kier alpha value is -0.570. The summed E-state index contributed by atoms with van der Waals surface area (Å²) in [4.78, 5) is 15.0. The second kappa shape index (κ2) is 4.21. The first-order chi connectivity index (χ1) is 8.85. The lowest BCUT2D eigenvalue weighted by Gasteiger charge is -2.40. The molecule has 2 unspecified atom stereocenters. The van der Waals surface area contributed by atoms with Gasteiger partial charge in [-0.15, -0.1) is 0 Å². The summed E-state index contributed by atoms with van der Waals surface area (Å²) in [6, 6.07) is 0.304. The van der Waals surface area contributed by atoms with Crippen LogP contribution >= 0.6 is 0 Å². The van der Waals surface area contributed by atoms with Crippen LogP contribution in [0.4, 0.5) is 0 Å². The summed E-state index contributed by atoms with van der Waals surface area (Å²) in [7, 11) is 0. The van der Waals surface area contributed by atoms with Crippen LogP contribution in [-0.4, -0.2) is 28.6 Å². The van der Waals surface area contributed by atoms with Crippen LogP contribution in [0.3, 0.4) is 0 Å². The van der Waals surface area contributed by atoms with Crippen LogP contribution in [0.15, 0.2) is 0 Å². The zero-order valence-electron chi connectivity index (χ0n) is 12.8. The highest BCUT2D eigenvalue weighted by atomic mass is 16.2. The SMILES string of the molecule is CC(N1C(=O)C2(CC2)NC1C1CCCC1)C(C)(C)C. The van der Waals surface area contributed by atoms with Crippen molar-refractivity contribution < 1.29 is 4.79 Å². The Bertz CT molecular complexity index is 375. The van der Waals surface area contributed by atoms with Gasteiger partial charge in [-0.05, 0) is 43.9 Å². The fraction of sp³-hybridized carbons (Fsp3) is 0.938. The fourth-order valence-electron chi connectivity index (χ4n) is 3.72. The molecule has 0 aromatic rings. The molecule has 1 spiro atoms. The molecular weight excluding hydrogens is 236 g/mol. The van der Waals surface area contributed by atoms with Crippen molar-refractivity contribution in [3.05, 3.63) is 0 Å². The van der Waals surface area contributed by atoms with E-state index in [4.69, 9.17) is 0 Å². The van der Waals surface area contributed by atoms with Gasteiger partial charge in [-0.25, -0.2) is 0 Å². The van der Waals surface area contributed by atoms with E-state index in [0.717, 1.165) is 12.8 Å². The van der Waals surface area contributed by atoms with Crippen LogP contribution in [0.1, 0.15) is 66.2 Å². The van der Waals surface area contributed by atoms with Gasteiger partial charge in [-0.1, -0.05) is 33.6 Å². The quantitative estimate of drug-likeness (QED) is 0.831. The molecule has 1 N–H and O–H groups in total. The molecule has 3 nitrogen and oxygen atoms in total. The number of carbonyl (C=O) groups is 1. The summed E-state index contributed by atoms with van der Waals surface area (Å²) < 4.78 is 0. The van der Waals surface area contributed by atoms with Crippen LogP contribution in [0.2, 0.25) is 0 Å². The van der Waals surface area contributed by atoms with Crippen LogP contribution in [0.5, 0.6) is 0 Å². The molecule has 2 aliphatic carbocycles. The molecule has 19 heavy (non-hydrogen) atoms. The monoisotopic (exact) mass is 264 g/mol. The molecule has 3 heteroatoms. The van der Waals surface area contributed by atoms with Crippen molar-refractivity contribution in [2.45, 2.75) is 84.0 Å². The van der Waals surface area contributed by atoms with Gasteiger partial charge in [0.2, 0.25) is 5.91 Å². The molecule has 108 valence electrons. The Morgan fingerprint density at radius 3 is 2.32 bits per heavy atom. The van der Waals surface area contributed by atoms with E-state index in [9.17, 15) is 4.79 Å². The van der Waals surface area contributed by atoms with E-state index in [1.165, 1.54) is 25.7 Å². The Kier molecular flexibility index (Phi) is 2.97. The molecule has 1 aliphatic heterocycles. The normalized spacial score (nSPS) is 32.3. The third-order valence-electron chi connectivity index (χ3n) is 5.63. The van der Waals surface area contributed by atoms with E-state index < -0.39 is 0 Å². The van der Waals surface area contributed by atoms with E-state index in [2.05, 4.69) is 37.9 Å². The number of carbonyl (C=O) groups excluding carboxylic acids is 1. The predicted octanol–water partition coefficient (Wildman–Crippen LogP) is 2.90. The number of hydrogen-bond acceptors (Lipinski definition) is 2. The van der Waals surface area contributed by atoms with Crippen molar-refractivity contribution in [2.24, 2.45) is 11.3 Å². The van der Waals surface area contributed by atoms with Gasteiger partial charge < -0.3 is 4.90 Å². The van der Waals surface area contributed by atoms with Crippen LogP contribution in [-0.2, 0) is 4.79 Å². The highest BCUT2D eigenvalue weighted by Gasteiger charge is 2.61. The molecule has 1 saturated heterocycles. The maximum absolute atomic E-state index is 12.8. The van der Waals surface area contributed by atoms with Gasteiger partial charge in [0, 0.05) is 6.04 Å². The number of nitrogens with one attached hydrogen (secondary N) is 1. The zero-order chi connectivity index (χ0) is 13.8. The average Bonchev–Trinajstić information content (AvgIpc) is 2.81. The van der Waals surface area contributed by atoms with Gasteiger partial charge in [0.1, 0.15) is 0 Å². The topological polar surface area (TPSA) is 32.3 Å². The second-order valence-electron chi connectivity index (χ2n) is 7.97. The number of rotatable bonds is 2. The molecule has 3 rings (SSSR count). The average molecular weight is 264 g/mol. The molecule has 0 aromatic carbocycles. The number of hydrogen-bond donors (Lipinski definition) is 1. The van der Waals surface area contributed by atoms with Crippen LogP contribution in [0, 0.1) is 11.3 Å². The first-order valence-corrected chi connectivity index (χ1v) is 7.96. The van der Waals surface area contributed by atoms with E-state index in [0.29, 0.717) is 24.0 Å². The van der Waals surface area contributed by atoms with E-state index >= 15 is 0 Å². The van der Waals surface area contributed by atoms with Gasteiger partial charge in [0.15, 0.2) is 0 Å². The summed E-state index contributed by atoms with van der Waals surface area (Å²) in [6.45, 7) is 8.96. The maximum Gasteiger partial charge on any atom is 0.244 e. The number of amides is 1. The molecule has 0 bridgehead atoms. The summed E-state index contributed by atoms with van der Waals surface area (Å²) in [5, 5.41) is 3.71. The molecular formula is C16H28N2O. The van der Waals surface area contributed by atoms with Crippen LogP contribution < -0.4 is 5.32 Å². The van der Waals surface area contributed by atoms with Gasteiger partial charge in [-0.2, -0.15) is 0 Å². The molecule has 3 aliphatic rings. The van der Waals surface area contributed by atoms with Crippen molar-refractivity contribution in [1.82, 2.24) is 10.2 Å². The standard InChI is InChI=1S/C16H28N2O/c1-11(15(2,3)4)18-13(12-7-5-6-8-12)17-16(9-10-16)14(18)19/h11-13,17H,5-10H2,1-4H3. The Balaban J connectivity index is 1.86. The Morgan fingerprint density at radius 1 is 1.26 bits per heavy atom. The first kappa shape index (κ1) is 13.4. The third kappa shape index (κ3) is 2.10. The maximum atomic E-state index is 12.8. The van der Waals surface area contributed by atoms with E-state index in [1.54, 1.807) is 0 Å². The predicted molar refractivity (Wildman–Crippen MR) is 76.6 cm³/mol. The van der Waals surface area contributed by atoms with Crippen molar-refractivity contribution in [2.75, 3.05) is 0 Å². The minimum absolute atomic E-state index is 0.147. The highest BCUT2D eigenvalue weighted by Crippen LogP contribution is 2.47. The number of nitrogens with zero attached hydrogens (tertiary/aromatic N) is 1. The molecule has 1 amide bonds. The van der Waals surface area contributed by atoms with Gasteiger partial charge in [0.25, 0.3) is 0 Å². The van der Waals surface area contributed by atoms with Crippen LogP contribution in [0.25, 0.3) is 0 Å². The summed E-state index contributed by atoms with van der Waals surface area (Å²) in [5.74, 6) is 1.06. The summed E-state index contributed by atoms with van der Waals surface area (Å²) in [5.41, 5.74) is -0.0125. The lowest BCUT2D eigenvalue weighted by molar-refractivity contribution is -0.135. The first-order valence-electron chi connectivity index (χ1n) is 7.96. The fourth-order valence-corrected chi connectivity index (χ4v) is 3.72. The van der Waals surface area contributed by atoms with Gasteiger partial charge in [-0.3, -0.25) is 10.1 Å². The Labute approximate surface area is 117 Å². The molecule has 2 atom stereocenters. The summed E-state index contributed by atoms with van der Waals surface area (Å²) in [6.07, 6.45) is 7.63. The molecule has 0 radical (unpaired) electrons. The van der Waals surface area contributed by atoms with Crippen molar-refractivity contribution in [3.8, 4) is 0 Å². The van der Waals surface area contributed by atoms with Crippen molar-refractivity contribution >= 4 is 5.91 Å². The molecule has 2 saturated carbocycles. The molecule has 1 heterocycles. The summed E-state index contributed by atoms with van der Waals surface area (Å²) >= 11 is 0. The lowest BCUT2D eigenvalue weighted by Crippen LogP contribution is -2.51. The molecule has 0 aromatic heterocycles. The van der Waals surface area contributed by atoms with E-state index in [1.807, 2.05) is 0 Å². The highest BCUT2D eigenvalue weighted by molar-refractivity contribution is 5.92. The Morgan fingerprint density at radius 2 is 1.84 bits per heavy atom. The molecule has 3 fully saturated rings. The lowest BCUT2D eigenvalue weighted by atomic mass is 9.86. The largest absolute Gasteiger partial charge is 0.322 e. The minimum Gasteiger partial charge on any atom is -0.322 e.